The molecule has 0 aromatic heterocycles. The highest BCUT2D eigenvalue weighted by atomic mass is 16.5. The number of benzene rings is 1. The van der Waals surface area contributed by atoms with Gasteiger partial charge in [-0.1, -0.05) is 12.1 Å². The van der Waals surface area contributed by atoms with Crippen molar-refractivity contribution in [1.82, 2.24) is 15.5 Å². The molecule has 162 valence electrons. The summed E-state index contributed by atoms with van der Waals surface area (Å²) in [6.45, 7) is -0.565. The zero-order valence-corrected chi connectivity index (χ0v) is 16.6. The minimum absolute atomic E-state index is 0.134. The molecule has 0 saturated carbocycles. The maximum atomic E-state index is 12.9. The van der Waals surface area contributed by atoms with Crippen LogP contribution in [0.2, 0.25) is 0 Å². The number of carboxylic acid groups (broad SMARTS) is 1. The van der Waals surface area contributed by atoms with Crippen LogP contribution in [0.15, 0.2) is 24.3 Å². The molecule has 2 saturated heterocycles. The molecule has 1 aromatic rings. The molecule has 0 radical (unpaired) electrons. The standard InChI is InChI=1S/C20H25N3O7/c1-29-14-4-2-12(3-5-14)8-15-20(28)23-7-6-13(9-16(23)19(27)22-15)21-17(24)10-30-11-18(25)26/h2-5,13,15-16H,6-11H2,1H3,(H,21,24)(H,22,27)(H,25,26)/t13-,15+,16-/m0/s1. The van der Waals surface area contributed by atoms with Crippen LogP contribution in [0, 0.1) is 0 Å². The lowest BCUT2D eigenvalue weighted by Gasteiger charge is -2.44. The van der Waals surface area contributed by atoms with Gasteiger partial charge in [-0.2, -0.15) is 0 Å². The van der Waals surface area contributed by atoms with Gasteiger partial charge in [0, 0.05) is 19.0 Å². The van der Waals surface area contributed by atoms with Crippen molar-refractivity contribution in [3.63, 3.8) is 0 Å². The molecule has 10 nitrogen and oxygen atoms in total. The molecule has 30 heavy (non-hydrogen) atoms. The zero-order valence-electron chi connectivity index (χ0n) is 16.6. The second kappa shape index (κ2) is 9.57. The Hall–Kier alpha value is -3.14. The summed E-state index contributed by atoms with van der Waals surface area (Å²) in [5.41, 5.74) is 0.913. The minimum atomic E-state index is -1.15. The molecule has 2 aliphatic heterocycles. The normalized spacial score (nSPS) is 23.4. The second-order valence-electron chi connectivity index (χ2n) is 7.34. The minimum Gasteiger partial charge on any atom is -0.497 e. The second-order valence-corrected chi connectivity index (χ2v) is 7.34. The van der Waals surface area contributed by atoms with E-state index in [0.29, 0.717) is 25.8 Å². The number of amides is 3. The number of hydrogen-bond acceptors (Lipinski definition) is 6. The van der Waals surface area contributed by atoms with E-state index in [1.54, 1.807) is 12.0 Å². The average Bonchev–Trinajstić information content (AvgIpc) is 2.72. The zero-order chi connectivity index (χ0) is 21.7. The number of hydrogen-bond donors (Lipinski definition) is 3. The van der Waals surface area contributed by atoms with Gasteiger partial charge in [0.25, 0.3) is 0 Å². The van der Waals surface area contributed by atoms with E-state index in [1.165, 1.54) is 0 Å². The summed E-state index contributed by atoms with van der Waals surface area (Å²) in [7, 11) is 1.58. The molecule has 10 heteroatoms. The molecule has 0 aliphatic carbocycles. The highest BCUT2D eigenvalue weighted by molar-refractivity contribution is 5.97. The van der Waals surface area contributed by atoms with Crippen LogP contribution >= 0.6 is 0 Å². The van der Waals surface area contributed by atoms with E-state index in [1.807, 2.05) is 24.3 Å². The van der Waals surface area contributed by atoms with Crippen molar-refractivity contribution in [2.24, 2.45) is 0 Å². The summed E-state index contributed by atoms with van der Waals surface area (Å²) in [5.74, 6) is -1.26. The molecule has 0 spiro atoms. The van der Waals surface area contributed by atoms with Crippen molar-refractivity contribution in [3.05, 3.63) is 29.8 Å². The van der Waals surface area contributed by atoms with Gasteiger partial charge < -0.3 is 30.1 Å². The average molecular weight is 419 g/mol. The highest BCUT2D eigenvalue weighted by Crippen LogP contribution is 2.24. The number of carbonyl (C=O) groups excluding carboxylic acids is 3. The number of aliphatic carboxylic acids is 1. The fourth-order valence-electron chi connectivity index (χ4n) is 3.77. The van der Waals surface area contributed by atoms with Gasteiger partial charge in [-0.15, -0.1) is 0 Å². The summed E-state index contributed by atoms with van der Waals surface area (Å²) >= 11 is 0. The fraction of sp³-hybridized carbons (Fsp3) is 0.500. The Bertz CT molecular complexity index is 811. The fourth-order valence-corrected chi connectivity index (χ4v) is 3.77. The van der Waals surface area contributed by atoms with E-state index < -0.39 is 30.6 Å². The smallest absolute Gasteiger partial charge is 0.329 e. The molecule has 2 aliphatic rings. The monoisotopic (exact) mass is 419 g/mol. The van der Waals surface area contributed by atoms with Gasteiger partial charge in [-0.3, -0.25) is 14.4 Å². The van der Waals surface area contributed by atoms with Crippen molar-refractivity contribution < 1.29 is 33.8 Å². The summed E-state index contributed by atoms with van der Waals surface area (Å²) in [6.07, 6.45) is 1.20. The molecule has 2 heterocycles. The molecule has 0 unspecified atom stereocenters. The SMILES string of the molecule is COc1ccc(C[C@H]2NC(=O)[C@@H]3C[C@@H](NC(=O)COCC(=O)O)CCN3C2=O)cc1. The number of nitrogens with zero attached hydrogens (tertiary/aromatic N) is 1. The lowest BCUT2D eigenvalue weighted by Crippen LogP contribution is -2.67. The molecule has 3 amide bonds. The quantitative estimate of drug-likeness (QED) is 0.508. The van der Waals surface area contributed by atoms with Crippen LogP contribution in [0.5, 0.6) is 5.75 Å². The van der Waals surface area contributed by atoms with Gasteiger partial charge in [0.2, 0.25) is 17.7 Å². The number of piperazine rings is 1. The van der Waals surface area contributed by atoms with Crippen molar-refractivity contribution in [3.8, 4) is 5.75 Å². The van der Waals surface area contributed by atoms with Crippen LogP contribution in [0.4, 0.5) is 0 Å². The van der Waals surface area contributed by atoms with E-state index in [0.717, 1.165) is 11.3 Å². The molecule has 3 atom stereocenters. The first-order valence-corrected chi connectivity index (χ1v) is 9.70. The third kappa shape index (κ3) is 5.26. The lowest BCUT2D eigenvalue weighted by atomic mass is 9.91. The van der Waals surface area contributed by atoms with Crippen LogP contribution in [-0.2, 0) is 30.3 Å². The van der Waals surface area contributed by atoms with Crippen LogP contribution < -0.4 is 15.4 Å². The van der Waals surface area contributed by atoms with Crippen LogP contribution in [0.25, 0.3) is 0 Å². The van der Waals surface area contributed by atoms with Gasteiger partial charge >= 0.3 is 5.97 Å². The molecule has 0 bridgehead atoms. The van der Waals surface area contributed by atoms with E-state index in [-0.39, 0.29) is 24.5 Å². The molecular formula is C20H25N3O7. The molecule has 3 rings (SSSR count). The Morgan fingerprint density at radius 1 is 1.23 bits per heavy atom. The first kappa shape index (κ1) is 21.6. The summed E-state index contributed by atoms with van der Waals surface area (Å²) in [5, 5.41) is 14.1. The number of nitrogens with one attached hydrogen (secondary N) is 2. The van der Waals surface area contributed by atoms with Crippen molar-refractivity contribution in [1.29, 1.82) is 0 Å². The van der Waals surface area contributed by atoms with Gasteiger partial charge in [0.05, 0.1) is 7.11 Å². The van der Waals surface area contributed by atoms with Gasteiger partial charge in [-0.05, 0) is 30.5 Å². The van der Waals surface area contributed by atoms with Gasteiger partial charge in [0.1, 0.15) is 31.0 Å². The number of ether oxygens (including phenoxy) is 2. The summed E-state index contributed by atoms with van der Waals surface area (Å²) in [4.78, 5) is 49.4. The molecule has 2 fully saturated rings. The Morgan fingerprint density at radius 3 is 2.63 bits per heavy atom. The van der Waals surface area contributed by atoms with E-state index in [9.17, 15) is 19.2 Å². The first-order chi connectivity index (χ1) is 14.4. The van der Waals surface area contributed by atoms with Crippen molar-refractivity contribution in [2.75, 3.05) is 26.9 Å². The predicted octanol–water partition coefficient (Wildman–Crippen LogP) is -0.687. The van der Waals surface area contributed by atoms with E-state index in [4.69, 9.17) is 14.6 Å². The van der Waals surface area contributed by atoms with E-state index in [2.05, 4.69) is 10.6 Å². The Labute approximate surface area is 173 Å². The molecule has 3 N–H and O–H groups in total. The number of rotatable bonds is 8. The summed E-state index contributed by atoms with van der Waals surface area (Å²) < 4.78 is 9.89. The van der Waals surface area contributed by atoms with Crippen LogP contribution in [0.3, 0.4) is 0 Å². The number of carbonyl (C=O) groups is 4. The number of methoxy groups -OCH3 is 1. The molecular weight excluding hydrogens is 394 g/mol. The third-order valence-corrected chi connectivity index (χ3v) is 5.23. The third-order valence-electron chi connectivity index (χ3n) is 5.23. The van der Waals surface area contributed by atoms with Gasteiger partial charge in [-0.25, -0.2) is 4.79 Å². The molecule has 1 aromatic carbocycles. The predicted molar refractivity (Wildman–Crippen MR) is 104 cm³/mol. The van der Waals surface area contributed by atoms with Gasteiger partial charge in [0.15, 0.2) is 0 Å². The number of carboxylic acids is 1. The van der Waals surface area contributed by atoms with Crippen LogP contribution in [-0.4, -0.2) is 78.7 Å². The topological polar surface area (TPSA) is 134 Å². The Balaban J connectivity index is 1.54. The van der Waals surface area contributed by atoms with Crippen LogP contribution in [0.1, 0.15) is 18.4 Å². The first-order valence-electron chi connectivity index (χ1n) is 9.70. The largest absolute Gasteiger partial charge is 0.497 e. The highest BCUT2D eigenvalue weighted by Gasteiger charge is 2.43. The summed E-state index contributed by atoms with van der Waals surface area (Å²) in [6, 6.07) is 5.78. The number of piperidine rings is 1. The number of fused-ring (bicyclic) bond motifs is 1. The Morgan fingerprint density at radius 2 is 1.97 bits per heavy atom. The maximum absolute atomic E-state index is 12.9. The maximum Gasteiger partial charge on any atom is 0.329 e. The van der Waals surface area contributed by atoms with Crippen molar-refractivity contribution >= 4 is 23.7 Å². The lowest BCUT2D eigenvalue weighted by molar-refractivity contribution is -0.152. The van der Waals surface area contributed by atoms with Crippen molar-refractivity contribution in [2.45, 2.75) is 37.4 Å². The van der Waals surface area contributed by atoms with E-state index >= 15 is 0 Å². The Kier molecular flexibility index (Phi) is 6.88.